The van der Waals surface area contributed by atoms with E-state index in [-0.39, 0.29) is 0 Å². The first-order valence-electron chi connectivity index (χ1n) is 3.92. The van der Waals surface area contributed by atoms with Crippen molar-refractivity contribution in [3.05, 3.63) is 36.2 Å². The summed E-state index contributed by atoms with van der Waals surface area (Å²) in [5, 5.41) is 0. The lowest BCUT2D eigenvalue weighted by Crippen LogP contribution is -2.00. The summed E-state index contributed by atoms with van der Waals surface area (Å²) in [5.74, 6) is 5.00. The first-order chi connectivity index (χ1) is 6.42. The van der Waals surface area contributed by atoms with Crippen molar-refractivity contribution in [1.82, 2.24) is 9.97 Å². The Hall–Kier alpha value is -1.52. The minimum atomic E-state index is 0.357. The number of pyridine rings is 2. The van der Waals surface area contributed by atoms with Gasteiger partial charge in [0.2, 0.25) is 0 Å². The van der Waals surface area contributed by atoms with Crippen molar-refractivity contribution < 1.29 is 4.84 Å². The molecule has 4 nitrogen and oxygen atoms in total. The van der Waals surface area contributed by atoms with Gasteiger partial charge in [-0.1, -0.05) is 0 Å². The zero-order valence-corrected chi connectivity index (χ0v) is 6.97. The highest BCUT2D eigenvalue weighted by molar-refractivity contribution is 5.76. The van der Waals surface area contributed by atoms with Gasteiger partial charge in [-0.2, -0.15) is 0 Å². The average molecular weight is 175 g/mol. The summed E-state index contributed by atoms with van der Waals surface area (Å²) in [6.07, 6.45) is 3.45. The van der Waals surface area contributed by atoms with Crippen LogP contribution in [0.15, 0.2) is 30.6 Å². The van der Waals surface area contributed by atoms with Crippen molar-refractivity contribution in [2.45, 2.75) is 6.61 Å². The normalized spacial score (nSPS) is 10.5. The summed E-state index contributed by atoms with van der Waals surface area (Å²) in [5.41, 5.74) is 2.65. The molecule has 0 aliphatic carbocycles. The lowest BCUT2D eigenvalue weighted by atomic mass is 10.2. The van der Waals surface area contributed by atoms with Crippen molar-refractivity contribution in [3.8, 4) is 0 Å². The first-order valence-corrected chi connectivity index (χ1v) is 3.92. The minimum absolute atomic E-state index is 0.357. The summed E-state index contributed by atoms with van der Waals surface area (Å²) in [6.45, 7) is 0.357. The van der Waals surface area contributed by atoms with Gasteiger partial charge in [0.1, 0.15) is 0 Å². The number of fused-ring (bicyclic) bond motifs is 1. The Morgan fingerprint density at radius 3 is 3.00 bits per heavy atom. The van der Waals surface area contributed by atoms with E-state index in [0.717, 1.165) is 16.6 Å². The predicted molar refractivity (Wildman–Crippen MR) is 48.5 cm³/mol. The summed E-state index contributed by atoms with van der Waals surface area (Å²) in [4.78, 5) is 12.9. The van der Waals surface area contributed by atoms with Crippen LogP contribution in [0.25, 0.3) is 11.0 Å². The SMILES string of the molecule is NOCc1ccnc2cccnc12. The van der Waals surface area contributed by atoms with Gasteiger partial charge in [-0.15, -0.1) is 0 Å². The van der Waals surface area contributed by atoms with Gasteiger partial charge < -0.3 is 0 Å². The van der Waals surface area contributed by atoms with Crippen LogP contribution in [-0.2, 0) is 11.4 Å². The Labute approximate surface area is 75.3 Å². The molecule has 13 heavy (non-hydrogen) atoms. The third-order valence-corrected chi connectivity index (χ3v) is 1.82. The van der Waals surface area contributed by atoms with Gasteiger partial charge in [-0.05, 0) is 18.2 Å². The van der Waals surface area contributed by atoms with Gasteiger partial charge in [0.05, 0.1) is 17.6 Å². The third kappa shape index (κ3) is 1.49. The van der Waals surface area contributed by atoms with Crippen molar-refractivity contribution in [2.75, 3.05) is 0 Å². The van der Waals surface area contributed by atoms with E-state index >= 15 is 0 Å². The van der Waals surface area contributed by atoms with E-state index in [4.69, 9.17) is 5.90 Å². The molecule has 0 saturated heterocycles. The van der Waals surface area contributed by atoms with Crippen LogP contribution in [0.1, 0.15) is 5.56 Å². The molecule has 0 bridgehead atoms. The Morgan fingerprint density at radius 2 is 2.15 bits per heavy atom. The summed E-state index contributed by atoms with van der Waals surface area (Å²) in [6, 6.07) is 5.60. The molecular weight excluding hydrogens is 166 g/mol. The van der Waals surface area contributed by atoms with Crippen LogP contribution in [-0.4, -0.2) is 9.97 Å². The molecule has 2 N–H and O–H groups in total. The van der Waals surface area contributed by atoms with Crippen LogP contribution in [0.5, 0.6) is 0 Å². The van der Waals surface area contributed by atoms with Gasteiger partial charge >= 0.3 is 0 Å². The molecule has 0 aliphatic heterocycles. The van der Waals surface area contributed by atoms with E-state index in [1.54, 1.807) is 12.4 Å². The molecule has 2 rings (SSSR count). The lowest BCUT2D eigenvalue weighted by Gasteiger charge is -2.01. The van der Waals surface area contributed by atoms with E-state index in [1.807, 2.05) is 18.2 Å². The fraction of sp³-hybridized carbons (Fsp3) is 0.111. The molecule has 0 amide bonds. The number of hydrogen-bond donors (Lipinski definition) is 1. The van der Waals surface area contributed by atoms with Gasteiger partial charge in [-0.25, -0.2) is 5.90 Å². The maximum atomic E-state index is 5.00. The van der Waals surface area contributed by atoms with E-state index in [2.05, 4.69) is 14.8 Å². The van der Waals surface area contributed by atoms with Crippen LogP contribution < -0.4 is 5.90 Å². The molecule has 0 aromatic carbocycles. The number of nitrogens with two attached hydrogens (primary N) is 1. The maximum absolute atomic E-state index is 5.00. The van der Waals surface area contributed by atoms with Crippen molar-refractivity contribution >= 4 is 11.0 Å². The van der Waals surface area contributed by atoms with Gasteiger partial charge in [-0.3, -0.25) is 14.8 Å². The first kappa shape index (κ1) is 8.10. The Balaban J connectivity index is 2.61. The maximum Gasteiger partial charge on any atom is 0.0952 e. The molecule has 2 aromatic rings. The summed E-state index contributed by atoms with van der Waals surface area (Å²) in [7, 11) is 0. The molecule has 0 fully saturated rings. The monoisotopic (exact) mass is 175 g/mol. The molecule has 0 aliphatic rings. The highest BCUT2D eigenvalue weighted by atomic mass is 16.6. The van der Waals surface area contributed by atoms with E-state index in [9.17, 15) is 0 Å². The number of aromatic nitrogens is 2. The topological polar surface area (TPSA) is 61.0 Å². The summed E-state index contributed by atoms with van der Waals surface area (Å²) >= 11 is 0. The fourth-order valence-electron chi connectivity index (χ4n) is 1.24. The molecule has 2 aromatic heterocycles. The number of rotatable bonds is 2. The second-order valence-corrected chi connectivity index (χ2v) is 2.65. The standard InChI is InChI=1S/C9H9N3O/c10-13-6-7-3-5-11-8-2-1-4-12-9(7)8/h1-5H,6,10H2. The molecular formula is C9H9N3O. The van der Waals surface area contributed by atoms with Crippen LogP contribution in [0.2, 0.25) is 0 Å². The van der Waals surface area contributed by atoms with E-state index in [0.29, 0.717) is 6.61 Å². The molecule has 66 valence electrons. The number of nitrogens with zero attached hydrogens (tertiary/aromatic N) is 2. The molecule has 4 heteroatoms. The van der Waals surface area contributed by atoms with Gasteiger partial charge in [0.25, 0.3) is 0 Å². The zero-order chi connectivity index (χ0) is 9.10. The van der Waals surface area contributed by atoms with Crippen molar-refractivity contribution in [3.63, 3.8) is 0 Å². The quantitative estimate of drug-likeness (QED) is 0.692. The minimum Gasteiger partial charge on any atom is -0.300 e. The second kappa shape index (κ2) is 3.47. The predicted octanol–water partition coefficient (Wildman–Crippen LogP) is 1.02. The molecule has 0 saturated carbocycles. The Morgan fingerprint density at radius 1 is 1.23 bits per heavy atom. The molecule has 0 spiro atoms. The van der Waals surface area contributed by atoms with Crippen LogP contribution in [0.4, 0.5) is 0 Å². The zero-order valence-electron chi connectivity index (χ0n) is 6.97. The van der Waals surface area contributed by atoms with Crippen LogP contribution >= 0.6 is 0 Å². The Kier molecular flexibility index (Phi) is 2.16. The van der Waals surface area contributed by atoms with Crippen molar-refractivity contribution in [1.29, 1.82) is 0 Å². The molecule has 0 unspecified atom stereocenters. The van der Waals surface area contributed by atoms with E-state index < -0.39 is 0 Å². The van der Waals surface area contributed by atoms with Gasteiger partial charge in [0, 0.05) is 18.0 Å². The lowest BCUT2D eigenvalue weighted by molar-refractivity contribution is 0.125. The molecule has 2 heterocycles. The highest BCUT2D eigenvalue weighted by Gasteiger charge is 2.01. The smallest absolute Gasteiger partial charge is 0.0952 e. The Bertz CT molecular complexity index is 411. The van der Waals surface area contributed by atoms with E-state index in [1.165, 1.54) is 0 Å². The molecule has 0 radical (unpaired) electrons. The second-order valence-electron chi connectivity index (χ2n) is 2.65. The highest BCUT2D eigenvalue weighted by Crippen LogP contribution is 2.13. The van der Waals surface area contributed by atoms with Gasteiger partial charge in [0.15, 0.2) is 0 Å². The molecule has 0 atom stereocenters. The largest absolute Gasteiger partial charge is 0.300 e. The summed E-state index contributed by atoms with van der Waals surface area (Å²) < 4.78 is 0. The fourth-order valence-corrected chi connectivity index (χ4v) is 1.24. The van der Waals surface area contributed by atoms with Crippen molar-refractivity contribution in [2.24, 2.45) is 5.90 Å². The third-order valence-electron chi connectivity index (χ3n) is 1.82. The van der Waals surface area contributed by atoms with Crippen LogP contribution in [0, 0.1) is 0 Å². The van der Waals surface area contributed by atoms with Crippen LogP contribution in [0.3, 0.4) is 0 Å². The average Bonchev–Trinajstić information content (AvgIpc) is 2.19. The number of hydrogen-bond acceptors (Lipinski definition) is 4.